The summed E-state index contributed by atoms with van der Waals surface area (Å²) in [6.07, 6.45) is 1.40. The van der Waals surface area contributed by atoms with Gasteiger partial charge in [-0.05, 0) is 44.0 Å². The van der Waals surface area contributed by atoms with Crippen molar-refractivity contribution in [1.29, 1.82) is 0 Å². The lowest BCUT2D eigenvalue weighted by Gasteiger charge is -2.29. The molecule has 2 heterocycles. The van der Waals surface area contributed by atoms with E-state index < -0.39 is 0 Å². The zero-order valence-corrected chi connectivity index (χ0v) is 17.9. The van der Waals surface area contributed by atoms with E-state index in [2.05, 4.69) is 15.5 Å². The quantitative estimate of drug-likeness (QED) is 0.644. The first-order valence-electron chi connectivity index (χ1n) is 10.3. The number of nitrogens with one attached hydrogen (secondary N) is 1. The second-order valence-electron chi connectivity index (χ2n) is 7.57. The average molecular weight is 422 g/mol. The molecule has 0 aliphatic carbocycles. The van der Waals surface area contributed by atoms with Gasteiger partial charge in [0.1, 0.15) is 11.5 Å². The molecule has 0 saturated carbocycles. The number of aromatic nitrogens is 2. The van der Waals surface area contributed by atoms with Crippen molar-refractivity contribution in [3.63, 3.8) is 0 Å². The number of nitrogens with zero attached hydrogens (tertiary/aromatic N) is 3. The Hall–Kier alpha value is -3.55. The molecule has 1 aliphatic rings. The maximum absolute atomic E-state index is 12.8. The summed E-state index contributed by atoms with van der Waals surface area (Å²) >= 11 is 0. The largest absolute Gasteiger partial charge is 0.497 e. The van der Waals surface area contributed by atoms with Crippen molar-refractivity contribution >= 4 is 17.6 Å². The van der Waals surface area contributed by atoms with Gasteiger partial charge in [0.2, 0.25) is 11.8 Å². The number of rotatable bonds is 6. The summed E-state index contributed by atoms with van der Waals surface area (Å²) < 4.78 is 16.4. The molecular weight excluding hydrogens is 396 g/mol. The van der Waals surface area contributed by atoms with Crippen LogP contribution < -0.4 is 19.7 Å². The Morgan fingerprint density at radius 1 is 1.06 bits per heavy atom. The molecule has 8 heteroatoms. The number of carbonyl (C=O) groups excluding carboxylic acids is 1. The Labute approximate surface area is 181 Å². The molecule has 8 nitrogen and oxygen atoms in total. The van der Waals surface area contributed by atoms with Crippen molar-refractivity contribution in [2.45, 2.75) is 19.8 Å². The Kier molecular flexibility index (Phi) is 6.06. The predicted molar refractivity (Wildman–Crippen MR) is 118 cm³/mol. The summed E-state index contributed by atoms with van der Waals surface area (Å²) in [6, 6.07) is 13.8. The highest BCUT2D eigenvalue weighted by Gasteiger charge is 2.28. The highest BCUT2D eigenvalue weighted by molar-refractivity contribution is 5.94. The molecule has 1 N–H and O–H groups in total. The Balaban J connectivity index is 1.36. The van der Waals surface area contributed by atoms with Crippen LogP contribution in [0.5, 0.6) is 11.5 Å². The summed E-state index contributed by atoms with van der Waals surface area (Å²) in [4.78, 5) is 14.8. The van der Waals surface area contributed by atoms with Crippen LogP contribution in [0, 0.1) is 12.8 Å². The molecule has 1 fully saturated rings. The molecule has 1 aromatic heterocycles. The molecule has 0 radical (unpaired) electrons. The van der Waals surface area contributed by atoms with Crippen molar-refractivity contribution in [3.8, 4) is 23.0 Å². The molecule has 2 aromatic carbocycles. The number of hydrogen-bond donors (Lipinski definition) is 1. The number of aryl methyl sites for hydroxylation is 1. The van der Waals surface area contributed by atoms with E-state index >= 15 is 0 Å². The molecule has 4 rings (SSSR count). The lowest BCUT2D eigenvalue weighted by atomic mass is 9.96. The van der Waals surface area contributed by atoms with E-state index in [4.69, 9.17) is 13.9 Å². The minimum Gasteiger partial charge on any atom is -0.497 e. The number of carbonyl (C=O) groups is 1. The number of piperidine rings is 1. The first kappa shape index (κ1) is 20.7. The molecule has 1 amide bonds. The molecule has 0 spiro atoms. The van der Waals surface area contributed by atoms with Crippen LogP contribution in [0.1, 0.15) is 18.4 Å². The van der Waals surface area contributed by atoms with Crippen LogP contribution in [0.4, 0.5) is 11.7 Å². The molecule has 162 valence electrons. The molecule has 3 aromatic rings. The smallest absolute Gasteiger partial charge is 0.318 e. The van der Waals surface area contributed by atoms with E-state index in [1.165, 1.54) is 5.56 Å². The van der Waals surface area contributed by atoms with Gasteiger partial charge in [0.05, 0.1) is 19.9 Å². The van der Waals surface area contributed by atoms with Crippen LogP contribution in [0.2, 0.25) is 0 Å². The van der Waals surface area contributed by atoms with Crippen molar-refractivity contribution in [1.82, 2.24) is 10.2 Å². The van der Waals surface area contributed by atoms with Gasteiger partial charge in [-0.1, -0.05) is 22.8 Å². The van der Waals surface area contributed by atoms with Gasteiger partial charge in [-0.25, -0.2) is 0 Å². The van der Waals surface area contributed by atoms with Gasteiger partial charge in [-0.2, -0.15) is 0 Å². The third kappa shape index (κ3) is 4.63. The number of methoxy groups -OCH3 is 2. The van der Waals surface area contributed by atoms with Crippen molar-refractivity contribution in [3.05, 3.63) is 48.0 Å². The molecule has 1 aliphatic heterocycles. The van der Waals surface area contributed by atoms with E-state index in [0.717, 1.165) is 5.56 Å². The van der Waals surface area contributed by atoms with Crippen LogP contribution in [0.15, 0.2) is 46.9 Å². The average Bonchev–Trinajstić information content (AvgIpc) is 3.30. The number of anilines is 2. The monoisotopic (exact) mass is 422 g/mol. The van der Waals surface area contributed by atoms with E-state index in [1.807, 2.05) is 36.1 Å². The Morgan fingerprint density at radius 3 is 2.48 bits per heavy atom. The second-order valence-corrected chi connectivity index (χ2v) is 7.57. The number of hydrogen-bond acceptors (Lipinski definition) is 7. The zero-order chi connectivity index (χ0) is 21.8. The third-order valence-corrected chi connectivity index (χ3v) is 5.52. The fourth-order valence-electron chi connectivity index (χ4n) is 3.63. The fourth-order valence-corrected chi connectivity index (χ4v) is 3.63. The Bertz CT molecular complexity index is 1040. The van der Waals surface area contributed by atoms with E-state index in [0.29, 0.717) is 55.0 Å². The van der Waals surface area contributed by atoms with E-state index in [-0.39, 0.29) is 11.8 Å². The van der Waals surface area contributed by atoms with Gasteiger partial charge in [-0.3, -0.25) is 4.79 Å². The minimum absolute atomic E-state index is 0.0195. The first-order valence-corrected chi connectivity index (χ1v) is 10.3. The highest BCUT2D eigenvalue weighted by atomic mass is 16.5. The predicted octanol–water partition coefficient (Wildman–Crippen LogP) is 3.92. The van der Waals surface area contributed by atoms with Crippen LogP contribution in [-0.4, -0.2) is 43.4 Å². The van der Waals surface area contributed by atoms with Gasteiger partial charge in [-0.15, -0.1) is 5.10 Å². The molecule has 0 unspecified atom stereocenters. The zero-order valence-electron chi connectivity index (χ0n) is 17.9. The molecule has 0 atom stereocenters. The summed E-state index contributed by atoms with van der Waals surface area (Å²) in [6.45, 7) is 3.38. The minimum atomic E-state index is -0.0949. The number of amides is 1. The van der Waals surface area contributed by atoms with Gasteiger partial charge >= 0.3 is 6.01 Å². The van der Waals surface area contributed by atoms with Crippen molar-refractivity contribution in [2.24, 2.45) is 5.92 Å². The lowest BCUT2D eigenvalue weighted by molar-refractivity contribution is -0.120. The molecule has 1 saturated heterocycles. The van der Waals surface area contributed by atoms with Crippen LogP contribution in [0.25, 0.3) is 11.5 Å². The molecule has 31 heavy (non-hydrogen) atoms. The van der Waals surface area contributed by atoms with Gasteiger partial charge in [0, 0.05) is 30.6 Å². The standard InChI is InChI=1S/C23H26N4O4/c1-15-4-6-17(7-5-15)22-25-26-23(31-22)27-12-10-16(11-13-27)21(28)24-19-9-8-18(29-2)14-20(19)30-3/h4-9,14,16H,10-13H2,1-3H3,(H,24,28). The normalized spacial score (nSPS) is 14.4. The molecule has 0 bridgehead atoms. The van der Waals surface area contributed by atoms with Gasteiger partial charge in [0.15, 0.2) is 0 Å². The maximum atomic E-state index is 12.8. The number of ether oxygens (including phenoxy) is 2. The summed E-state index contributed by atoms with van der Waals surface area (Å²) in [5.41, 5.74) is 2.71. The van der Waals surface area contributed by atoms with Crippen LogP contribution in [-0.2, 0) is 4.79 Å². The number of benzene rings is 2. The lowest BCUT2D eigenvalue weighted by Crippen LogP contribution is -2.38. The topological polar surface area (TPSA) is 89.7 Å². The SMILES string of the molecule is COc1ccc(NC(=O)C2CCN(c3nnc(-c4ccc(C)cc4)o3)CC2)c(OC)c1. The summed E-state index contributed by atoms with van der Waals surface area (Å²) in [5, 5.41) is 11.3. The van der Waals surface area contributed by atoms with Crippen LogP contribution >= 0.6 is 0 Å². The van der Waals surface area contributed by atoms with E-state index in [1.54, 1.807) is 32.4 Å². The summed E-state index contributed by atoms with van der Waals surface area (Å²) in [7, 11) is 3.16. The maximum Gasteiger partial charge on any atom is 0.318 e. The highest BCUT2D eigenvalue weighted by Crippen LogP contribution is 2.31. The second kappa shape index (κ2) is 9.07. The third-order valence-electron chi connectivity index (χ3n) is 5.52. The van der Waals surface area contributed by atoms with E-state index in [9.17, 15) is 4.79 Å². The molecular formula is C23H26N4O4. The van der Waals surface area contributed by atoms with Gasteiger partial charge < -0.3 is 24.1 Å². The van der Waals surface area contributed by atoms with Gasteiger partial charge in [0.25, 0.3) is 0 Å². The Morgan fingerprint density at radius 2 is 1.81 bits per heavy atom. The van der Waals surface area contributed by atoms with Crippen molar-refractivity contribution < 1.29 is 18.7 Å². The van der Waals surface area contributed by atoms with Crippen molar-refractivity contribution in [2.75, 3.05) is 37.5 Å². The summed E-state index contributed by atoms with van der Waals surface area (Å²) in [5.74, 6) is 1.63. The van der Waals surface area contributed by atoms with Crippen LogP contribution in [0.3, 0.4) is 0 Å². The fraction of sp³-hybridized carbons (Fsp3) is 0.348. The first-order chi connectivity index (χ1) is 15.1.